The van der Waals surface area contributed by atoms with E-state index in [9.17, 15) is 0 Å². The zero-order chi connectivity index (χ0) is 10.2. The molecule has 3 heteroatoms. The van der Waals surface area contributed by atoms with Crippen LogP contribution in [0.25, 0.3) is 0 Å². The van der Waals surface area contributed by atoms with Crippen molar-refractivity contribution in [2.75, 3.05) is 6.54 Å². The molecule has 1 aliphatic heterocycles. The highest BCUT2D eigenvalue weighted by Gasteiger charge is 2.22. The van der Waals surface area contributed by atoms with Gasteiger partial charge in [-0.2, -0.15) is 0 Å². The SMILES string of the molecule is CC(C)(C)c1csc(C2CCCN2)n1. The van der Waals surface area contributed by atoms with E-state index in [2.05, 4.69) is 31.5 Å². The highest BCUT2D eigenvalue weighted by atomic mass is 32.1. The van der Waals surface area contributed by atoms with E-state index in [1.807, 2.05) is 0 Å². The fourth-order valence-electron chi connectivity index (χ4n) is 1.69. The van der Waals surface area contributed by atoms with E-state index in [0.29, 0.717) is 6.04 Å². The first-order chi connectivity index (χ1) is 6.57. The van der Waals surface area contributed by atoms with Crippen LogP contribution in [-0.4, -0.2) is 11.5 Å². The third-order valence-corrected chi connectivity index (χ3v) is 3.61. The molecule has 78 valence electrons. The smallest absolute Gasteiger partial charge is 0.110 e. The van der Waals surface area contributed by atoms with Crippen molar-refractivity contribution in [2.45, 2.75) is 45.1 Å². The number of nitrogens with one attached hydrogen (secondary N) is 1. The molecule has 2 rings (SSSR count). The van der Waals surface area contributed by atoms with E-state index in [4.69, 9.17) is 4.98 Å². The third kappa shape index (κ3) is 1.98. The molecule has 1 N–H and O–H groups in total. The Hall–Kier alpha value is -0.410. The van der Waals surface area contributed by atoms with Crippen LogP contribution in [0.5, 0.6) is 0 Å². The molecule has 0 saturated carbocycles. The van der Waals surface area contributed by atoms with E-state index < -0.39 is 0 Å². The number of thiazole rings is 1. The lowest BCUT2D eigenvalue weighted by molar-refractivity contribution is 0.562. The maximum Gasteiger partial charge on any atom is 0.110 e. The van der Waals surface area contributed by atoms with E-state index in [-0.39, 0.29) is 5.41 Å². The second kappa shape index (κ2) is 3.63. The predicted molar refractivity (Wildman–Crippen MR) is 60.8 cm³/mol. The summed E-state index contributed by atoms with van der Waals surface area (Å²) in [4.78, 5) is 4.72. The van der Waals surface area contributed by atoms with E-state index >= 15 is 0 Å². The molecule has 1 saturated heterocycles. The molecule has 1 aliphatic rings. The van der Waals surface area contributed by atoms with Gasteiger partial charge in [-0.25, -0.2) is 4.98 Å². The Bertz CT molecular complexity index is 305. The molecular weight excluding hydrogens is 192 g/mol. The van der Waals surface area contributed by atoms with Crippen LogP contribution >= 0.6 is 11.3 Å². The zero-order valence-electron chi connectivity index (χ0n) is 9.13. The average Bonchev–Trinajstić information content (AvgIpc) is 2.73. The minimum atomic E-state index is 0.188. The second-order valence-electron chi connectivity index (χ2n) is 4.97. The van der Waals surface area contributed by atoms with Gasteiger partial charge in [-0.3, -0.25) is 0 Å². The fourth-order valence-corrected chi connectivity index (χ4v) is 2.84. The van der Waals surface area contributed by atoms with Crippen LogP contribution in [0, 0.1) is 0 Å². The van der Waals surface area contributed by atoms with Crippen LogP contribution in [0.4, 0.5) is 0 Å². The van der Waals surface area contributed by atoms with Crippen LogP contribution < -0.4 is 5.32 Å². The lowest BCUT2D eigenvalue weighted by Crippen LogP contribution is -2.15. The van der Waals surface area contributed by atoms with Crippen molar-refractivity contribution in [1.29, 1.82) is 0 Å². The van der Waals surface area contributed by atoms with Gasteiger partial charge in [0.15, 0.2) is 0 Å². The molecule has 0 aromatic carbocycles. The summed E-state index contributed by atoms with van der Waals surface area (Å²) in [5, 5.41) is 6.96. The van der Waals surface area contributed by atoms with Crippen LogP contribution in [0.1, 0.15) is 50.4 Å². The molecule has 14 heavy (non-hydrogen) atoms. The molecule has 0 radical (unpaired) electrons. The van der Waals surface area contributed by atoms with E-state index in [1.54, 1.807) is 11.3 Å². The standard InChI is InChI=1S/C11H18N2S/c1-11(2,3)9-7-14-10(13-9)8-5-4-6-12-8/h7-8,12H,4-6H2,1-3H3. The van der Waals surface area contributed by atoms with E-state index in [1.165, 1.54) is 23.5 Å². The van der Waals surface area contributed by atoms with Gasteiger partial charge in [0, 0.05) is 10.8 Å². The van der Waals surface area contributed by atoms with Crippen LogP contribution in [0.15, 0.2) is 5.38 Å². The number of hydrogen-bond acceptors (Lipinski definition) is 3. The molecule has 0 bridgehead atoms. The highest BCUT2D eigenvalue weighted by Crippen LogP contribution is 2.30. The van der Waals surface area contributed by atoms with Crippen LogP contribution in [-0.2, 0) is 5.41 Å². The summed E-state index contributed by atoms with van der Waals surface area (Å²) in [5.41, 5.74) is 1.42. The van der Waals surface area contributed by atoms with Crippen molar-refractivity contribution in [3.8, 4) is 0 Å². The molecule has 1 unspecified atom stereocenters. The fraction of sp³-hybridized carbons (Fsp3) is 0.727. The molecule has 1 aromatic heterocycles. The number of nitrogens with zero attached hydrogens (tertiary/aromatic N) is 1. The lowest BCUT2D eigenvalue weighted by atomic mass is 9.93. The van der Waals surface area contributed by atoms with Crippen molar-refractivity contribution in [1.82, 2.24) is 10.3 Å². The molecule has 1 aromatic rings. The Labute approximate surface area is 89.8 Å². The Morgan fingerprint density at radius 2 is 2.29 bits per heavy atom. The van der Waals surface area contributed by atoms with Gasteiger partial charge in [-0.05, 0) is 19.4 Å². The molecule has 0 spiro atoms. The van der Waals surface area contributed by atoms with Crippen LogP contribution in [0.3, 0.4) is 0 Å². The summed E-state index contributed by atoms with van der Waals surface area (Å²) in [6.45, 7) is 7.80. The minimum Gasteiger partial charge on any atom is -0.308 e. The molecular formula is C11H18N2S. The molecule has 2 nitrogen and oxygen atoms in total. The first-order valence-corrected chi connectivity index (χ1v) is 6.14. The van der Waals surface area contributed by atoms with Crippen molar-refractivity contribution in [2.24, 2.45) is 0 Å². The normalized spacial score (nSPS) is 22.9. The average molecular weight is 210 g/mol. The maximum atomic E-state index is 4.72. The van der Waals surface area contributed by atoms with Gasteiger partial charge >= 0.3 is 0 Å². The molecule has 0 aliphatic carbocycles. The number of aromatic nitrogens is 1. The van der Waals surface area contributed by atoms with Gasteiger partial charge in [-0.15, -0.1) is 11.3 Å². The predicted octanol–water partition coefficient (Wildman–Crippen LogP) is 2.87. The Morgan fingerprint density at radius 3 is 2.79 bits per heavy atom. The zero-order valence-corrected chi connectivity index (χ0v) is 9.95. The summed E-state index contributed by atoms with van der Waals surface area (Å²) in [5.74, 6) is 0. The molecule has 0 amide bonds. The lowest BCUT2D eigenvalue weighted by Gasteiger charge is -2.14. The number of rotatable bonds is 1. The van der Waals surface area contributed by atoms with Gasteiger partial charge in [0.25, 0.3) is 0 Å². The molecule has 2 heterocycles. The first kappa shape index (κ1) is 10.1. The molecule has 1 fully saturated rings. The summed E-state index contributed by atoms with van der Waals surface area (Å²) in [7, 11) is 0. The first-order valence-electron chi connectivity index (χ1n) is 5.26. The monoisotopic (exact) mass is 210 g/mol. The Kier molecular flexibility index (Phi) is 2.62. The van der Waals surface area contributed by atoms with Crippen LogP contribution in [0.2, 0.25) is 0 Å². The topological polar surface area (TPSA) is 24.9 Å². The minimum absolute atomic E-state index is 0.188. The quantitative estimate of drug-likeness (QED) is 0.771. The molecule has 1 atom stereocenters. The summed E-state index contributed by atoms with van der Waals surface area (Å²) < 4.78 is 0. The second-order valence-corrected chi connectivity index (χ2v) is 5.86. The van der Waals surface area contributed by atoms with E-state index in [0.717, 1.165) is 6.54 Å². The van der Waals surface area contributed by atoms with Gasteiger partial charge < -0.3 is 5.32 Å². The van der Waals surface area contributed by atoms with Gasteiger partial charge in [0.05, 0.1) is 11.7 Å². The van der Waals surface area contributed by atoms with Gasteiger partial charge in [0.1, 0.15) is 5.01 Å². The largest absolute Gasteiger partial charge is 0.308 e. The van der Waals surface area contributed by atoms with Crippen molar-refractivity contribution in [3.63, 3.8) is 0 Å². The Balaban J connectivity index is 2.17. The summed E-state index contributed by atoms with van der Waals surface area (Å²) in [6.07, 6.45) is 2.53. The van der Waals surface area contributed by atoms with Crippen molar-refractivity contribution in [3.05, 3.63) is 16.1 Å². The Morgan fingerprint density at radius 1 is 1.50 bits per heavy atom. The van der Waals surface area contributed by atoms with Gasteiger partial charge in [-0.1, -0.05) is 20.8 Å². The third-order valence-electron chi connectivity index (χ3n) is 2.65. The summed E-state index contributed by atoms with van der Waals surface area (Å²) in [6, 6.07) is 0.524. The maximum absolute atomic E-state index is 4.72. The summed E-state index contributed by atoms with van der Waals surface area (Å²) >= 11 is 1.80. The number of hydrogen-bond donors (Lipinski definition) is 1. The van der Waals surface area contributed by atoms with Gasteiger partial charge in [0.2, 0.25) is 0 Å². The van der Waals surface area contributed by atoms with Crippen molar-refractivity contribution >= 4 is 11.3 Å². The van der Waals surface area contributed by atoms with Crippen molar-refractivity contribution < 1.29 is 0 Å². The highest BCUT2D eigenvalue weighted by molar-refractivity contribution is 7.09.